The first-order valence-electron chi connectivity index (χ1n) is 6.68. The summed E-state index contributed by atoms with van der Waals surface area (Å²) in [6, 6.07) is 14.8. The number of carbonyl (C=O) groups excluding carboxylic acids is 1. The lowest BCUT2D eigenvalue weighted by atomic mass is 10.2. The number of halogens is 2. The summed E-state index contributed by atoms with van der Waals surface area (Å²) in [5.41, 5.74) is 1.29. The second kappa shape index (κ2) is 8.47. The van der Waals surface area contributed by atoms with Crippen molar-refractivity contribution in [1.82, 2.24) is 0 Å². The second-order valence-electron chi connectivity index (χ2n) is 4.37. The van der Waals surface area contributed by atoms with Gasteiger partial charge >= 0.3 is 6.61 Å². The van der Waals surface area contributed by atoms with Gasteiger partial charge in [0.25, 0.3) is 5.91 Å². The Morgan fingerprint density at radius 1 is 1.13 bits per heavy atom. The van der Waals surface area contributed by atoms with Crippen molar-refractivity contribution in [2.75, 3.05) is 11.9 Å². The molecule has 0 aliphatic rings. The number of nitrogens with one attached hydrogen (secondary N) is 1. The number of rotatable bonds is 7. The van der Waals surface area contributed by atoms with E-state index in [0.717, 1.165) is 0 Å². The van der Waals surface area contributed by atoms with E-state index in [4.69, 9.17) is 4.84 Å². The summed E-state index contributed by atoms with van der Waals surface area (Å²) in [7, 11) is 0. The van der Waals surface area contributed by atoms with Gasteiger partial charge in [-0.3, -0.25) is 4.79 Å². The van der Waals surface area contributed by atoms with Crippen molar-refractivity contribution >= 4 is 17.8 Å². The summed E-state index contributed by atoms with van der Waals surface area (Å²) >= 11 is 0. The van der Waals surface area contributed by atoms with Crippen molar-refractivity contribution in [2.45, 2.75) is 6.61 Å². The van der Waals surface area contributed by atoms with Crippen molar-refractivity contribution in [3.63, 3.8) is 0 Å². The molecule has 0 aliphatic carbocycles. The fourth-order valence-electron chi connectivity index (χ4n) is 1.65. The van der Waals surface area contributed by atoms with Crippen molar-refractivity contribution in [3.05, 3.63) is 60.2 Å². The highest BCUT2D eigenvalue weighted by molar-refractivity contribution is 5.91. The fraction of sp³-hybridized carbons (Fsp3) is 0.125. The number of carbonyl (C=O) groups is 1. The van der Waals surface area contributed by atoms with Gasteiger partial charge in [-0.1, -0.05) is 23.4 Å². The van der Waals surface area contributed by atoms with Crippen molar-refractivity contribution in [1.29, 1.82) is 0 Å². The fourth-order valence-corrected chi connectivity index (χ4v) is 1.65. The molecular formula is C16H14F2N2O3. The van der Waals surface area contributed by atoms with E-state index in [0.29, 0.717) is 11.3 Å². The van der Waals surface area contributed by atoms with Crippen LogP contribution < -0.4 is 10.1 Å². The summed E-state index contributed by atoms with van der Waals surface area (Å²) < 4.78 is 28.2. The number of anilines is 1. The van der Waals surface area contributed by atoms with Crippen LogP contribution in [0.15, 0.2) is 59.8 Å². The summed E-state index contributed by atoms with van der Waals surface area (Å²) in [5, 5.41) is 6.28. The molecule has 0 bridgehead atoms. The molecule has 0 saturated heterocycles. The quantitative estimate of drug-likeness (QED) is 0.629. The first-order chi connectivity index (χ1) is 11.1. The van der Waals surface area contributed by atoms with E-state index < -0.39 is 6.61 Å². The van der Waals surface area contributed by atoms with Crippen LogP contribution in [0.3, 0.4) is 0 Å². The number of amides is 1. The molecule has 0 atom stereocenters. The third kappa shape index (κ3) is 6.13. The lowest BCUT2D eigenvalue weighted by Crippen LogP contribution is -2.16. The van der Waals surface area contributed by atoms with Crippen molar-refractivity contribution in [2.24, 2.45) is 5.16 Å². The number of hydrogen-bond acceptors (Lipinski definition) is 4. The zero-order chi connectivity index (χ0) is 16.5. The number of alkyl halides is 2. The van der Waals surface area contributed by atoms with E-state index >= 15 is 0 Å². The third-order valence-electron chi connectivity index (χ3n) is 2.63. The average molecular weight is 320 g/mol. The number of para-hydroxylation sites is 1. The molecule has 0 aliphatic heterocycles. The van der Waals surface area contributed by atoms with E-state index in [1.165, 1.54) is 30.5 Å². The Labute approximate surface area is 131 Å². The van der Waals surface area contributed by atoms with Crippen molar-refractivity contribution in [3.8, 4) is 5.75 Å². The Morgan fingerprint density at radius 2 is 1.83 bits per heavy atom. The van der Waals surface area contributed by atoms with Gasteiger partial charge in [-0.05, 0) is 42.0 Å². The maximum absolute atomic E-state index is 12.0. The lowest BCUT2D eigenvalue weighted by Gasteiger charge is -2.04. The van der Waals surface area contributed by atoms with E-state index in [9.17, 15) is 13.6 Å². The highest BCUT2D eigenvalue weighted by Gasteiger charge is 2.03. The van der Waals surface area contributed by atoms with Crippen LogP contribution in [0, 0.1) is 0 Å². The van der Waals surface area contributed by atoms with E-state index in [1.54, 1.807) is 24.3 Å². The van der Waals surface area contributed by atoms with Crippen LogP contribution in [0.5, 0.6) is 5.75 Å². The van der Waals surface area contributed by atoms with Gasteiger partial charge in [0, 0.05) is 5.69 Å². The molecule has 2 aromatic rings. The monoisotopic (exact) mass is 320 g/mol. The number of ether oxygens (including phenoxy) is 1. The summed E-state index contributed by atoms with van der Waals surface area (Å²) in [4.78, 5) is 16.4. The van der Waals surface area contributed by atoms with Gasteiger partial charge in [0.15, 0.2) is 6.61 Å². The number of hydrogen-bond donors (Lipinski definition) is 1. The predicted octanol–water partition coefficient (Wildman–Crippen LogP) is 3.28. The van der Waals surface area contributed by atoms with Gasteiger partial charge in [0.05, 0.1) is 6.21 Å². The molecule has 0 aromatic heterocycles. The van der Waals surface area contributed by atoms with Gasteiger partial charge in [0.2, 0.25) is 0 Å². The minimum absolute atomic E-state index is 0.0558. The van der Waals surface area contributed by atoms with Gasteiger partial charge in [-0.2, -0.15) is 8.78 Å². The first kappa shape index (κ1) is 16.4. The Bertz CT molecular complexity index is 646. The summed E-state index contributed by atoms with van der Waals surface area (Å²) in [5.74, 6) is -0.283. The first-order valence-corrected chi connectivity index (χ1v) is 6.68. The minimum atomic E-state index is -2.86. The molecule has 5 nitrogen and oxygen atoms in total. The van der Waals surface area contributed by atoms with E-state index in [2.05, 4.69) is 15.2 Å². The Balaban J connectivity index is 1.75. The highest BCUT2D eigenvalue weighted by Crippen LogP contribution is 2.14. The van der Waals surface area contributed by atoms with Crippen LogP contribution in [0.2, 0.25) is 0 Å². The van der Waals surface area contributed by atoms with E-state index in [1.807, 2.05) is 6.07 Å². The van der Waals surface area contributed by atoms with E-state index in [-0.39, 0.29) is 18.3 Å². The molecule has 0 heterocycles. The van der Waals surface area contributed by atoms with Crippen LogP contribution in [-0.4, -0.2) is 25.3 Å². The minimum Gasteiger partial charge on any atom is -0.435 e. The third-order valence-corrected chi connectivity index (χ3v) is 2.63. The predicted molar refractivity (Wildman–Crippen MR) is 81.7 cm³/mol. The summed E-state index contributed by atoms with van der Waals surface area (Å²) in [6.45, 7) is -3.10. The topological polar surface area (TPSA) is 59.9 Å². The van der Waals surface area contributed by atoms with Gasteiger partial charge in [0.1, 0.15) is 5.75 Å². The molecule has 7 heteroatoms. The molecule has 1 amide bonds. The molecule has 23 heavy (non-hydrogen) atoms. The maximum Gasteiger partial charge on any atom is 0.387 e. The standard InChI is InChI=1S/C16H14F2N2O3/c17-16(18)23-14-8-6-12(7-9-14)10-19-22-11-15(21)20-13-4-2-1-3-5-13/h1-10,16H,11H2,(H,20,21)/b19-10-. The van der Waals surface area contributed by atoms with Crippen LogP contribution >= 0.6 is 0 Å². The smallest absolute Gasteiger partial charge is 0.387 e. The molecule has 1 N–H and O–H groups in total. The molecule has 120 valence electrons. The van der Waals surface area contributed by atoms with Crippen LogP contribution in [-0.2, 0) is 9.63 Å². The zero-order valence-corrected chi connectivity index (χ0v) is 12.0. The average Bonchev–Trinajstić information content (AvgIpc) is 2.53. The number of oxime groups is 1. The molecule has 2 aromatic carbocycles. The van der Waals surface area contributed by atoms with Crippen molar-refractivity contribution < 1.29 is 23.1 Å². The Morgan fingerprint density at radius 3 is 2.48 bits per heavy atom. The Kier molecular flexibility index (Phi) is 6.05. The molecule has 0 radical (unpaired) electrons. The lowest BCUT2D eigenvalue weighted by molar-refractivity contribution is -0.120. The molecule has 0 spiro atoms. The van der Waals surface area contributed by atoms with Crippen LogP contribution in [0.25, 0.3) is 0 Å². The summed E-state index contributed by atoms with van der Waals surface area (Å²) in [6.07, 6.45) is 1.36. The molecule has 0 fully saturated rings. The zero-order valence-electron chi connectivity index (χ0n) is 12.0. The molecular weight excluding hydrogens is 306 g/mol. The maximum atomic E-state index is 12.0. The normalized spacial score (nSPS) is 10.7. The SMILES string of the molecule is O=C(CO/N=C\c1ccc(OC(F)F)cc1)Nc1ccccc1. The Hall–Kier alpha value is -2.96. The van der Waals surface area contributed by atoms with Crippen LogP contribution in [0.4, 0.5) is 14.5 Å². The number of benzene rings is 2. The van der Waals surface area contributed by atoms with Crippen LogP contribution in [0.1, 0.15) is 5.56 Å². The largest absolute Gasteiger partial charge is 0.435 e. The number of nitrogens with zero attached hydrogens (tertiary/aromatic N) is 1. The molecule has 0 unspecified atom stereocenters. The highest BCUT2D eigenvalue weighted by atomic mass is 19.3. The molecule has 0 saturated carbocycles. The van der Waals surface area contributed by atoms with Gasteiger partial charge in [-0.15, -0.1) is 0 Å². The second-order valence-corrected chi connectivity index (χ2v) is 4.37. The van der Waals surface area contributed by atoms with Gasteiger partial charge < -0.3 is 14.9 Å². The molecule has 2 rings (SSSR count). The van der Waals surface area contributed by atoms with Gasteiger partial charge in [-0.25, -0.2) is 0 Å².